The van der Waals surface area contributed by atoms with Gasteiger partial charge < -0.3 is 10.2 Å². The second-order valence-electron chi connectivity index (χ2n) is 4.83. The Balaban J connectivity index is 2.89. The second kappa shape index (κ2) is 6.47. The topological polar surface area (TPSA) is 90.1 Å². The zero-order valence-corrected chi connectivity index (χ0v) is 12.9. The van der Waals surface area contributed by atoms with E-state index >= 15 is 0 Å². The summed E-state index contributed by atoms with van der Waals surface area (Å²) in [5, 5.41) is 9.64. The van der Waals surface area contributed by atoms with E-state index < -0.39 is 10.0 Å². The lowest BCUT2D eigenvalue weighted by Gasteiger charge is -2.19. The van der Waals surface area contributed by atoms with Crippen molar-refractivity contribution in [3.63, 3.8) is 0 Å². The number of nitrogens with zero attached hydrogens (tertiary/aromatic N) is 2. The van der Waals surface area contributed by atoms with Crippen molar-refractivity contribution in [3.8, 4) is 0 Å². The number of rotatable bonds is 7. The van der Waals surface area contributed by atoms with Crippen LogP contribution >= 0.6 is 0 Å². The van der Waals surface area contributed by atoms with Gasteiger partial charge in [-0.05, 0) is 35.0 Å². The lowest BCUT2D eigenvalue weighted by atomic mass is 10.3. The fourth-order valence-electron chi connectivity index (χ4n) is 1.52. The number of aryl methyl sites for hydroxylation is 1. The summed E-state index contributed by atoms with van der Waals surface area (Å²) in [5.41, 5.74) is 1.43. The molecule has 0 aliphatic carbocycles. The van der Waals surface area contributed by atoms with Gasteiger partial charge in [-0.15, -0.1) is 0 Å². The maximum absolute atomic E-state index is 12.2. The van der Waals surface area contributed by atoms with Crippen molar-refractivity contribution in [3.05, 3.63) is 11.3 Å². The Morgan fingerprint density at radius 2 is 2.05 bits per heavy atom. The minimum absolute atomic E-state index is 0.0744. The number of aromatic amines is 1. The Hall–Kier alpha value is -0.960. The molecule has 0 spiro atoms. The second-order valence-corrected chi connectivity index (χ2v) is 6.51. The fourth-order valence-corrected chi connectivity index (χ4v) is 2.83. The molecule has 1 heterocycles. The molecule has 0 saturated carbocycles. The predicted molar refractivity (Wildman–Crippen MR) is 74.4 cm³/mol. The van der Waals surface area contributed by atoms with Crippen molar-refractivity contribution in [1.82, 2.24) is 25.1 Å². The Kier molecular flexibility index (Phi) is 5.48. The van der Waals surface area contributed by atoms with E-state index in [0.717, 1.165) is 5.69 Å². The smallest absolute Gasteiger partial charge is 0.260 e. The summed E-state index contributed by atoms with van der Waals surface area (Å²) in [5.74, 6) is 0. The molecular weight excluding hydrogens is 266 g/mol. The molecular formula is C11H23N5O2S. The van der Waals surface area contributed by atoms with Gasteiger partial charge in [-0.25, -0.2) is 13.1 Å². The average molecular weight is 289 g/mol. The van der Waals surface area contributed by atoms with Crippen molar-refractivity contribution < 1.29 is 8.42 Å². The molecule has 3 N–H and O–H groups in total. The van der Waals surface area contributed by atoms with E-state index in [1.54, 1.807) is 14.0 Å². The van der Waals surface area contributed by atoms with Crippen LogP contribution < -0.4 is 10.0 Å². The van der Waals surface area contributed by atoms with Gasteiger partial charge in [0.2, 0.25) is 0 Å². The molecule has 110 valence electrons. The van der Waals surface area contributed by atoms with Gasteiger partial charge in [0.1, 0.15) is 0 Å². The highest BCUT2D eigenvalue weighted by atomic mass is 32.2. The van der Waals surface area contributed by atoms with Gasteiger partial charge in [-0.3, -0.25) is 5.10 Å². The van der Waals surface area contributed by atoms with E-state index in [9.17, 15) is 8.42 Å². The van der Waals surface area contributed by atoms with E-state index in [2.05, 4.69) is 20.2 Å². The van der Waals surface area contributed by atoms with Crippen LogP contribution in [0.3, 0.4) is 0 Å². The quantitative estimate of drug-likeness (QED) is 0.639. The zero-order chi connectivity index (χ0) is 14.6. The number of aromatic nitrogens is 2. The third-order valence-electron chi connectivity index (χ3n) is 3.09. The summed E-state index contributed by atoms with van der Waals surface area (Å²) in [6.07, 6.45) is 0. The molecule has 0 aliphatic rings. The first-order valence-electron chi connectivity index (χ1n) is 6.14. The zero-order valence-electron chi connectivity index (χ0n) is 12.1. The van der Waals surface area contributed by atoms with Crippen LogP contribution in [0.15, 0.2) is 5.03 Å². The molecule has 0 fully saturated rings. The molecule has 1 atom stereocenters. The van der Waals surface area contributed by atoms with Crippen molar-refractivity contribution in [2.24, 2.45) is 0 Å². The predicted octanol–water partition coefficient (Wildman–Crippen LogP) is -0.334. The molecule has 1 rings (SSSR count). The van der Waals surface area contributed by atoms with Crippen LogP contribution in [0.4, 0.5) is 0 Å². The highest BCUT2D eigenvalue weighted by Crippen LogP contribution is 2.15. The summed E-state index contributed by atoms with van der Waals surface area (Å²) in [7, 11) is 2.00. The Bertz CT molecular complexity index is 509. The maximum atomic E-state index is 12.2. The standard InChI is InChI=1S/C11H23N5O2S/c1-8(16(4)5)6-13-19(17,18)11-10(7-12-3)9(2)14-15-11/h8,12-13H,6-7H2,1-5H3,(H,14,15). The summed E-state index contributed by atoms with van der Waals surface area (Å²) in [6.45, 7) is 4.57. The van der Waals surface area contributed by atoms with Crippen LogP contribution in [0.2, 0.25) is 0 Å². The van der Waals surface area contributed by atoms with Gasteiger partial charge in [-0.1, -0.05) is 0 Å². The van der Waals surface area contributed by atoms with Crippen molar-refractivity contribution in [1.29, 1.82) is 0 Å². The summed E-state index contributed by atoms with van der Waals surface area (Å²) in [6, 6.07) is 0.113. The van der Waals surface area contributed by atoms with Crippen LogP contribution in [0.5, 0.6) is 0 Å². The Morgan fingerprint density at radius 1 is 1.42 bits per heavy atom. The average Bonchev–Trinajstić information content (AvgIpc) is 2.69. The number of hydrogen-bond donors (Lipinski definition) is 3. The van der Waals surface area contributed by atoms with E-state index in [-0.39, 0.29) is 11.1 Å². The lowest BCUT2D eigenvalue weighted by Crippen LogP contribution is -2.38. The first-order chi connectivity index (χ1) is 8.79. The number of hydrogen-bond acceptors (Lipinski definition) is 5. The van der Waals surface area contributed by atoms with Gasteiger partial charge in [0.15, 0.2) is 5.03 Å². The summed E-state index contributed by atoms with van der Waals surface area (Å²) < 4.78 is 27.0. The number of sulfonamides is 1. The minimum atomic E-state index is -3.58. The van der Waals surface area contributed by atoms with Gasteiger partial charge in [0, 0.05) is 30.4 Å². The normalized spacial score (nSPS) is 14.0. The van der Waals surface area contributed by atoms with Crippen LogP contribution in [-0.4, -0.2) is 57.2 Å². The lowest BCUT2D eigenvalue weighted by molar-refractivity contribution is 0.313. The highest BCUT2D eigenvalue weighted by Gasteiger charge is 2.23. The summed E-state index contributed by atoms with van der Waals surface area (Å²) in [4.78, 5) is 1.95. The van der Waals surface area contributed by atoms with Crippen LogP contribution in [0, 0.1) is 6.92 Å². The van der Waals surface area contributed by atoms with Crippen LogP contribution in [0.1, 0.15) is 18.2 Å². The number of nitrogens with one attached hydrogen (secondary N) is 3. The largest absolute Gasteiger partial charge is 0.316 e. The third kappa shape index (κ3) is 4.00. The number of likely N-dealkylation sites (N-methyl/N-ethyl adjacent to an activating group) is 1. The highest BCUT2D eigenvalue weighted by molar-refractivity contribution is 7.89. The molecule has 8 heteroatoms. The SMILES string of the molecule is CNCc1c(S(=O)(=O)NCC(C)N(C)C)n[nH]c1C. The van der Waals surface area contributed by atoms with Crippen molar-refractivity contribution in [2.45, 2.75) is 31.5 Å². The van der Waals surface area contributed by atoms with E-state index in [0.29, 0.717) is 18.7 Å². The molecule has 0 aliphatic heterocycles. The molecule has 0 radical (unpaired) electrons. The van der Waals surface area contributed by atoms with Gasteiger partial charge >= 0.3 is 0 Å². The van der Waals surface area contributed by atoms with Gasteiger partial charge in [0.25, 0.3) is 10.0 Å². The number of H-pyrrole nitrogens is 1. The first-order valence-corrected chi connectivity index (χ1v) is 7.62. The molecule has 1 aromatic heterocycles. The van der Waals surface area contributed by atoms with Gasteiger partial charge in [0.05, 0.1) is 0 Å². The molecule has 0 bridgehead atoms. The first kappa shape index (κ1) is 16.1. The molecule has 0 amide bonds. The van der Waals surface area contributed by atoms with Gasteiger partial charge in [-0.2, -0.15) is 5.10 Å². The monoisotopic (exact) mass is 289 g/mol. The van der Waals surface area contributed by atoms with Crippen molar-refractivity contribution in [2.75, 3.05) is 27.7 Å². The molecule has 19 heavy (non-hydrogen) atoms. The van der Waals surface area contributed by atoms with E-state index in [1.807, 2.05) is 25.9 Å². The van der Waals surface area contributed by atoms with E-state index in [1.165, 1.54) is 0 Å². The summed E-state index contributed by atoms with van der Waals surface area (Å²) >= 11 is 0. The molecule has 1 unspecified atom stereocenters. The molecule has 1 aromatic rings. The molecule has 7 nitrogen and oxygen atoms in total. The molecule has 0 aromatic carbocycles. The Labute approximate surface area is 114 Å². The fraction of sp³-hybridized carbons (Fsp3) is 0.727. The van der Waals surface area contributed by atoms with E-state index in [4.69, 9.17) is 0 Å². The van der Waals surface area contributed by atoms with Crippen LogP contribution in [-0.2, 0) is 16.6 Å². The Morgan fingerprint density at radius 3 is 2.58 bits per heavy atom. The third-order valence-corrected chi connectivity index (χ3v) is 4.49. The van der Waals surface area contributed by atoms with Crippen LogP contribution in [0.25, 0.3) is 0 Å². The maximum Gasteiger partial charge on any atom is 0.260 e. The molecule has 0 saturated heterocycles. The minimum Gasteiger partial charge on any atom is -0.316 e. The van der Waals surface area contributed by atoms with Crippen molar-refractivity contribution >= 4 is 10.0 Å².